The minimum atomic E-state index is -0.204. The molecule has 0 N–H and O–H groups in total. The lowest BCUT2D eigenvalue weighted by Gasteiger charge is -2.09. The standard InChI is InChI=1S/C14H26O2/c1-5-7-8-9-10-14(16-13(4)15)11-12(3)6-2/h11-12H,5-10H2,1-4H3/b14-11+/t12-/m0/s1. The van der Waals surface area contributed by atoms with Crippen molar-refractivity contribution in [3.8, 4) is 0 Å². The van der Waals surface area contributed by atoms with Gasteiger partial charge in [-0.05, 0) is 24.8 Å². The van der Waals surface area contributed by atoms with Gasteiger partial charge in [-0.2, -0.15) is 0 Å². The van der Waals surface area contributed by atoms with E-state index < -0.39 is 0 Å². The van der Waals surface area contributed by atoms with Crippen LogP contribution in [0.4, 0.5) is 0 Å². The lowest BCUT2D eigenvalue weighted by Crippen LogP contribution is -2.01. The van der Waals surface area contributed by atoms with E-state index in [1.54, 1.807) is 0 Å². The monoisotopic (exact) mass is 226 g/mol. The minimum Gasteiger partial charge on any atom is -0.432 e. The summed E-state index contributed by atoms with van der Waals surface area (Å²) in [5.41, 5.74) is 0. The van der Waals surface area contributed by atoms with Crippen LogP contribution in [0.2, 0.25) is 0 Å². The Kier molecular flexibility index (Phi) is 8.97. The fourth-order valence-electron chi connectivity index (χ4n) is 1.51. The largest absolute Gasteiger partial charge is 0.432 e. The molecular weight excluding hydrogens is 200 g/mol. The van der Waals surface area contributed by atoms with Gasteiger partial charge in [0.25, 0.3) is 0 Å². The van der Waals surface area contributed by atoms with Crippen LogP contribution in [-0.2, 0) is 9.53 Å². The van der Waals surface area contributed by atoms with Crippen LogP contribution in [0.15, 0.2) is 11.8 Å². The number of allylic oxidation sites excluding steroid dienone is 2. The number of hydrogen-bond donors (Lipinski definition) is 0. The molecule has 0 aliphatic heterocycles. The average molecular weight is 226 g/mol. The molecule has 94 valence electrons. The van der Waals surface area contributed by atoms with Gasteiger partial charge in [-0.1, -0.05) is 40.0 Å². The molecule has 0 aliphatic carbocycles. The summed E-state index contributed by atoms with van der Waals surface area (Å²) >= 11 is 0. The number of ether oxygens (including phenoxy) is 1. The molecule has 2 heteroatoms. The molecule has 0 saturated heterocycles. The molecule has 0 aromatic heterocycles. The molecular formula is C14H26O2. The number of unbranched alkanes of at least 4 members (excludes halogenated alkanes) is 3. The highest BCUT2D eigenvalue weighted by atomic mass is 16.5. The molecule has 0 spiro atoms. The summed E-state index contributed by atoms with van der Waals surface area (Å²) in [6.45, 7) is 7.96. The van der Waals surface area contributed by atoms with Gasteiger partial charge in [-0.3, -0.25) is 4.79 Å². The van der Waals surface area contributed by atoms with Crippen LogP contribution in [-0.4, -0.2) is 5.97 Å². The summed E-state index contributed by atoms with van der Waals surface area (Å²) in [5.74, 6) is 1.14. The second kappa shape index (κ2) is 9.44. The van der Waals surface area contributed by atoms with Crippen molar-refractivity contribution in [3.63, 3.8) is 0 Å². The predicted octanol–water partition coefficient (Wildman–Crippen LogP) is 4.45. The molecule has 16 heavy (non-hydrogen) atoms. The minimum absolute atomic E-state index is 0.204. The zero-order valence-electron chi connectivity index (χ0n) is 11.2. The van der Waals surface area contributed by atoms with Gasteiger partial charge in [0, 0.05) is 13.3 Å². The van der Waals surface area contributed by atoms with Crippen molar-refractivity contribution in [2.45, 2.75) is 66.2 Å². The smallest absolute Gasteiger partial charge is 0.307 e. The van der Waals surface area contributed by atoms with E-state index in [-0.39, 0.29) is 5.97 Å². The summed E-state index contributed by atoms with van der Waals surface area (Å²) in [5, 5.41) is 0. The SMILES string of the molecule is CCCCCC/C(=C\[C@@H](C)CC)OC(C)=O. The van der Waals surface area contributed by atoms with Gasteiger partial charge in [-0.25, -0.2) is 0 Å². The van der Waals surface area contributed by atoms with E-state index in [0.717, 1.165) is 25.0 Å². The van der Waals surface area contributed by atoms with Crippen LogP contribution < -0.4 is 0 Å². The summed E-state index contributed by atoms with van der Waals surface area (Å²) in [6.07, 6.45) is 8.89. The van der Waals surface area contributed by atoms with Crippen molar-refractivity contribution in [1.29, 1.82) is 0 Å². The van der Waals surface area contributed by atoms with Crippen molar-refractivity contribution in [2.24, 2.45) is 5.92 Å². The molecule has 0 radical (unpaired) electrons. The van der Waals surface area contributed by atoms with Crippen LogP contribution in [0.3, 0.4) is 0 Å². The zero-order chi connectivity index (χ0) is 12.4. The first-order valence-electron chi connectivity index (χ1n) is 6.49. The van der Waals surface area contributed by atoms with Crippen LogP contribution in [0.1, 0.15) is 66.2 Å². The molecule has 0 fully saturated rings. The molecule has 0 aliphatic rings. The van der Waals surface area contributed by atoms with Gasteiger partial charge >= 0.3 is 5.97 Å². The molecule has 0 rings (SSSR count). The summed E-state index contributed by atoms with van der Waals surface area (Å²) in [7, 11) is 0. The Bertz CT molecular complexity index is 219. The fraction of sp³-hybridized carbons (Fsp3) is 0.786. The molecule has 0 heterocycles. The van der Waals surface area contributed by atoms with Crippen molar-refractivity contribution < 1.29 is 9.53 Å². The maximum atomic E-state index is 10.9. The fourth-order valence-corrected chi connectivity index (χ4v) is 1.51. The van der Waals surface area contributed by atoms with Gasteiger partial charge in [0.1, 0.15) is 5.76 Å². The Labute approximate surface area is 100 Å². The van der Waals surface area contributed by atoms with E-state index >= 15 is 0 Å². The lowest BCUT2D eigenvalue weighted by molar-refractivity contribution is -0.137. The van der Waals surface area contributed by atoms with E-state index in [1.807, 2.05) is 0 Å². The maximum absolute atomic E-state index is 10.9. The Balaban J connectivity index is 4.10. The molecule has 0 saturated carbocycles. The van der Waals surface area contributed by atoms with Crippen LogP contribution in [0.5, 0.6) is 0 Å². The van der Waals surface area contributed by atoms with Gasteiger partial charge < -0.3 is 4.74 Å². The molecule has 1 atom stereocenters. The van der Waals surface area contributed by atoms with Crippen LogP contribution in [0.25, 0.3) is 0 Å². The van der Waals surface area contributed by atoms with Crippen molar-refractivity contribution >= 4 is 5.97 Å². The van der Waals surface area contributed by atoms with Gasteiger partial charge in [-0.15, -0.1) is 0 Å². The maximum Gasteiger partial charge on any atom is 0.307 e. The van der Waals surface area contributed by atoms with Crippen LogP contribution in [0, 0.1) is 5.92 Å². The molecule has 0 aromatic carbocycles. The van der Waals surface area contributed by atoms with E-state index in [4.69, 9.17) is 4.74 Å². The Morgan fingerprint density at radius 3 is 2.44 bits per heavy atom. The number of carbonyl (C=O) groups is 1. The zero-order valence-corrected chi connectivity index (χ0v) is 11.2. The number of hydrogen-bond acceptors (Lipinski definition) is 2. The summed E-state index contributed by atoms with van der Waals surface area (Å²) in [6, 6.07) is 0. The quantitative estimate of drug-likeness (QED) is 0.347. The Hall–Kier alpha value is -0.790. The van der Waals surface area contributed by atoms with Gasteiger partial charge in [0.05, 0.1) is 0 Å². The number of esters is 1. The molecule has 0 bridgehead atoms. The molecule has 0 amide bonds. The molecule has 0 unspecified atom stereocenters. The molecule has 2 nitrogen and oxygen atoms in total. The third kappa shape index (κ3) is 8.51. The van der Waals surface area contributed by atoms with Gasteiger partial charge in [0.2, 0.25) is 0 Å². The first-order chi connectivity index (χ1) is 7.60. The van der Waals surface area contributed by atoms with E-state index in [9.17, 15) is 4.79 Å². The highest BCUT2D eigenvalue weighted by Gasteiger charge is 2.04. The van der Waals surface area contributed by atoms with E-state index in [0.29, 0.717) is 5.92 Å². The second-order valence-corrected chi connectivity index (χ2v) is 4.42. The van der Waals surface area contributed by atoms with E-state index in [2.05, 4.69) is 26.8 Å². The topological polar surface area (TPSA) is 26.3 Å². The molecule has 0 aromatic rings. The van der Waals surface area contributed by atoms with Crippen molar-refractivity contribution in [1.82, 2.24) is 0 Å². The normalized spacial score (nSPS) is 13.6. The average Bonchev–Trinajstić information content (AvgIpc) is 2.23. The highest BCUT2D eigenvalue weighted by molar-refractivity contribution is 5.67. The summed E-state index contributed by atoms with van der Waals surface area (Å²) < 4.78 is 5.23. The third-order valence-corrected chi connectivity index (χ3v) is 2.67. The van der Waals surface area contributed by atoms with Crippen LogP contribution >= 0.6 is 0 Å². The Morgan fingerprint density at radius 2 is 1.94 bits per heavy atom. The van der Waals surface area contributed by atoms with E-state index in [1.165, 1.54) is 26.2 Å². The predicted molar refractivity (Wildman–Crippen MR) is 68.1 cm³/mol. The number of rotatable bonds is 8. The van der Waals surface area contributed by atoms with Crippen molar-refractivity contribution in [3.05, 3.63) is 11.8 Å². The Morgan fingerprint density at radius 1 is 1.25 bits per heavy atom. The highest BCUT2D eigenvalue weighted by Crippen LogP contribution is 2.15. The van der Waals surface area contributed by atoms with Gasteiger partial charge in [0.15, 0.2) is 0 Å². The first-order valence-corrected chi connectivity index (χ1v) is 6.49. The second-order valence-electron chi connectivity index (χ2n) is 4.42. The summed E-state index contributed by atoms with van der Waals surface area (Å²) in [4.78, 5) is 10.9. The first kappa shape index (κ1) is 15.2. The third-order valence-electron chi connectivity index (χ3n) is 2.67. The lowest BCUT2D eigenvalue weighted by atomic mass is 10.1. The number of carbonyl (C=O) groups excluding carboxylic acids is 1. The van der Waals surface area contributed by atoms with Crippen molar-refractivity contribution in [2.75, 3.05) is 0 Å².